The maximum absolute atomic E-state index is 10.7. The number of aromatic carboxylic acids is 1. The minimum absolute atomic E-state index is 0.289. The van der Waals surface area contributed by atoms with Gasteiger partial charge in [0.05, 0.1) is 5.56 Å². The molecule has 0 aromatic heterocycles. The minimum Gasteiger partial charge on any atom is -0.492 e. The van der Waals surface area contributed by atoms with Gasteiger partial charge in [0, 0.05) is 12.1 Å². The fourth-order valence-electron chi connectivity index (χ4n) is 2.60. The van der Waals surface area contributed by atoms with Crippen molar-refractivity contribution >= 4 is 5.97 Å². The van der Waals surface area contributed by atoms with E-state index in [1.54, 1.807) is 24.3 Å². The number of carboxylic acids is 1. The van der Waals surface area contributed by atoms with Gasteiger partial charge in [-0.25, -0.2) is 4.79 Å². The molecule has 1 atom stereocenters. The van der Waals surface area contributed by atoms with Crippen molar-refractivity contribution < 1.29 is 14.6 Å². The molecule has 0 spiro atoms. The van der Waals surface area contributed by atoms with Crippen LogP contribution in [0.5, 0.6) is 5.75 Å². The van der Waals surface area contributed by atoms with Crippen LogP contribution in [-0.2, 0) is 0 Å². The molecule has 0 aliphatic carbocycles. The van der Waals surface area contributed by atoms with Crippen LogP contribution >= 0.6 is 0 Å². The summed E-state index contributed by atoms with van der Waals surface area (Å²) in [6, 6.07) is 7.61. The Morgan fingerprint density at radius 1 is 1.42 bits per heavy atom. The van der Waals surface area contributed by atoms with Gasteiger partial charge in [-0.3, -0.25) is 4.90 Å². The summed E-state index contributed by atoms with van der Waals surface area (Å²) >= 11 is 0. The highest BCUT2D eigenvalue weighted by molar-refractivity contribution is 5.87. The summed E-state index contributed by atoms with van der Waals surface area (Å²) in [6.07, 6.45) is 2.40. The van der Waals surface area contributed by atoms with Crippen LogP contribution < -0.4 is 4.74 Å². The first kappa shape index (κ1) is 13.9. The molecular weight excluding hydrogens is 242 g/mol. The summed E-state index contributed by atoms with van der Waals surface area (Å²) in [5.41, 5.74) is 0.289. The second kappa shape index (κ2) is 6.06. The molecule has 19 heavy (non-hydrogen) atoms. The molecule has 1 aliphatic heterocycles. The quantitative estimate of drug-likeness (QED) is 0.887. The zero-order valence-electron chi connectivity index (χ0n) is 11.5. The molecule has 0 unspecified atom stereocenters. The fraction of sp³-hybridized carbons (Fsp3) is 0.533. The van der Waals surface area contributed by atoms with Crippen molar-refractivity contribution in [3.63, 3.8) is 0 Å². The molecule has 1 aliphatic rings. The SMILES string of the molecule is CC(C)N1CCC[C@H]1COc1ccc(C(=O)O)cc1. The van der Waals surface area contributed by atoms with Gasteiger partial charge in [0.15, 0.2) is 0 Å². The summed E-state index contributed by atoms with van der Waals surface area (Å²) in [6.45, 7) is 6.23. The molecule has 0 radical (unpaired) electrons. The predicted molar refractivity (Wildman–Crippen MR) is 73.8 cm³/mol. The Labute approximate surface area is 114 Å². The maximum Gasteiger partial charge on any atom is 0.335 e. The normalized spacial score (nSPS) is 19.8. The molecule has 0 saturated carbocycles. The monoisotopic (exact) mass is 263 g/mol. The first-order chi connectivity index (χ1) is 9.08. The van der Waals surface area contributed by atoms with E-state index in [2.05, 4.69) is 18.7 Å². The van der Waals surface area contributed by atoms with Gasteiger partial charge in [-0.1, -0.05) is 0 Å². The number of carbonyl (C=O) groups is 1. The minimum atomic E-state index is -0.909. The van der Waals surface area contributed by atoms with Gasteiger partial charge < -0.3 is 9.84 Å². The van der Waals surface area contributed by atoms with E-state index in [0.29, 0.717) is 18.7 Å². The van der Waals surface area contributed by atoms with Crippen LogP contribution in [0.25, 0.3) is 0 Å². The van der Waals surface area contributed by atoms with Crippen molar-refractivity contribution in [1.82, 2.24) is 4.90 Å². The van der Waals surface area contributed by atoms with Crippen LogP contribution in [0.2, 0.25) is 0 Å². The van der Waals surface area contributed by atoms with Gasteiger partial charge in [-0.15, -0.1) is 0 Å². The van der Waals surface area contributed by atoms with E-state index in [1.807, 2.05) is 0 Å². The van der Waals surface area contributed by atoms with Crippen molar-refractivity contribution in [3.8, 4) is 5.75 Å². The molecule has 104 valence electrons. The Balaban J connectivity index is 1.90. The van der Waals surface area contributed by atoms with Crippen molar-refractivity contribution in [2.45, 2.75) is 38.8 Å². The van der Waals surface area contributed by atoms with Gasteiger partial charge in [0.2, 0.25) is 0 Å². The number of nitrogens with zero attached hydrogens (tertiary/aromatic N) is 1. The molecule has 1 N–H and O–H groups in total. The van der Waals surface area contributed by atoms with Crippen LogP contribution in [0.4, 0.5) is 0 Å². The van der Waals surface area contributed by atoms with Gasteiger partial charge in [0.1, 0.15) is 12.4 Å². The molecule has 0 bridgehead atoms. The number of benzene rings is 1. The third-order valence-electron chi connectivity index (χ3n) is 3.63. The third-order valence-corrected chi connectivity index (χ3v) is 3.63. The summed E-state index contributed by atoms with van der Waals surface area (Å²) < 4.78 is 5.77. The van der Waals surface area contributed by atoms with Crippen molar-refractivity contribution in [3.05, 3.63) is 29.8 Å². The second-order valence-corrected chi connectivity index (χ2v) is 5.27. The highest BCUT2D eigenvalue weighted by atomic mass is 16.5. The lowest BCUT2D eigenvalue weighted by Crippen LogP contribution is -2.39. The topological polar surface area (TPSA) is 49.8 Å². The molecule has 1 fully saturated rings. The van der Waals surface area contributed by atoms with Crippen LogP contribution in [0, 0.1) is 0 Å². The van der Waals surface area contributed by atoms with Crippen molar-refractivity contribution in [2.24, 2.45) is 0 Å². The Bertz CT molecular complexity index is 428. The Morgan fingerprint density at radius 2 is 2.11 bits per heavy atom. The Hall–Kier alpha value is -1.55. The second-order valence-electron chi connectivity index (χ2n) is 5.27. The van der Waals surface area contributed by atoms with E-state index >= 15 is 0 Å². The average Bonchev–Trinajstić information content (AvgIpc) is 2.85. The molecular formula is C15H21NO3. The van der Waals surface area contributed by atoms with Crippen LogP contribution in [0.1, 0.15) is 37.0 Å². The van der Waals surface area contributed by atoms with E-state index in [-0.39, 0.29) is 5.56 Å². The number of ether oxygens (including phenoxy) is 1. The smallest absolute Gasteiger partial charge is 0.335 e. The first-order valence-electron chi connectivity index (χ1n) is 6.80. The predicted octanol–water partition coefficient (Wildman–Crippen LogP) is 2.64. The number of hydrogen-bond donors (Lipinski definition) is 1. The molecule has 1 saturated heterocycles. The largest absolute Gasteiger partial charge is 0.492 e. The lowest BCUT2D eigenvalue weighted by molar-refractivity contribution is 0.0697. The van der Waals surface area contributed by atoms with Gasteiger partial charge in [-0.05, 0) is 57.5 Å². The Kier molecular flexibility index (Phi) is 4.43. The highest BCUT2D eigenvalue weighted by Crippen LogP contribution is 2.21. The van der Waals surface area contributed by atoms with Crippen molar-refractivity contribution in [2.75, 3.05) is 13.2 Å². The van der Waals surface area contributed by atoms with Crippen LogP contribution in [0.3, 0.4) is 0 Å². The Morgan fingerprint density at radius 3 is 2.68 bits per heavy atom. The lowest BCUT2D eigenvalue weighted by Gasteiger charge is -2.28. The summed E-state index contributed by atoms with van der Waals surface area (Å²) in [5, 5.41) is 8.83. The molecule has 4 nitrogen and oxygen atoms in total. The summed E-state index contributed by atoms with van der Waals surface area (Å²) in [7, 11) is 0. The fourth-order valence-corrected chi connectivity index (χ4v) is 2.60. The van der Waals surface area contributed by atoms with Crippen LogP contribution in [-0.4, -0.2) is 41.2 Å². The molecule has 1 aromatic carbocycles. The zero-order chi connectivity index (χ0) is 13.8. The first-order valence-corrected chi connectivity index (χ1v) is 6.80. The van der Waals surface area contributed by atoms with Gasteiger partial charge in [-0.2, -0.15) is 0 Å². The average molecular weight is 263 g/mol. The number of likely N-dealkylation sites (tertiary alicyclic amines) is 1. The standard InChI is InChI=1S/C15H21NO3/c1-11(2)16-9-3-4-13(16)10-19-14-7-5-12(6-8-14)15(17)18/h5-8,11,13H,3-4,9-10H2,1-2H3,(H,17,18)/t13-/m0/s1. The van der Waals surface area contributed by atoms with E-state index in [1.165, 1.54) is 12.8 Å². The molecule has 1 heterocycles. The lowest BCUT2D eigenvalue weighted by atomic mass is 10.2. The van der Waals surface area contributed by atoms with Gasteiger partial charge >= 0.3 is 5.97 Å². The highest BCUT2D eigenvalue weighted by Gasteiger charge is 2.26. The molecule has 1 aromatic rings. The molecule has 2 rings (SSSR count). The van der Waals surface area contributed by atoms with E-state index < -0.39 is 5.97 Å². The van der Waals surface area contributed by atoms with E-state index in [4.69, 9.17) is 9.84 Å². The van der Waals surface area contributed by atoms with E-state index in [9.17, 15) is 4.79 Å². The van der Waals surface area contributed by atoms with Gasteiger partial charge in [0.25, 0.3) is 0 Å². The summed E-state index contributed by atoms with van der Waals surface area (Å²) in [4.78, 5) is 13.2. The van der Waals surface area contributed by atoms with Crippen molar-refractivity contribution in [1.29, 1.82) is 0 Å². The number of carboxylic acid groups (broad SMARTS) is 1. The number of rotatable bonds is 5. The van der Waals surface area contributed by atoms with E-state index in [0.717, 1.165) is 12.3 Å². The number of hydrogen-bond acceptors (Lipinski definition) is 3. The van der Waals surface area contributed by atoms with Crippen LogP contribution in [0.15, 0.2) is 24.3 Å². The summed E-state index contributed by atoms with van der Waals surface area (Å²) in [5.74, 6) is -0.172. The third kappa shape index (κ3) is 3.47. The zero-order valence-corrected chi connectivity index (χ0v) is 11.5. The molecule has 0 amide bonds. The maximum atomic E-state index is 10.7. The molecule has 4 heteroatoms.